The minimum atomic E-state index is -0.111. The van der Waals surface area contributed by atoms with Gasteiger partial charge in [0.15, 0.2) is 0 Å². The Hall–Kier alpha value is -11.4. The number of phenols is 5. The number of piperidine rings is 1. The van der Waals surface area contributed by atoms with Crippen molar-refractivity contribution in [3.05, 3.63) is 366 Å². The second-order valence-corrected chi connectivity index (χ2v) is 37.1. The second kappa shape index (κ2) is 43.2. The molecule has 1 saturated heterocycles. The lowest BCUT2D eigenvalue weighted by molar-refractivity contribution is 0.240. The van der Waals surface area contributed by atoms with Crippen LogP contribution in [0.5, 0.6) is 28.7 Å². The lowest BCUT2D eigenvalue weighted by Gasteiger charge is -2.27. The molecule has 0 radical (unpaired) electrons. The van der Waals surface area contributed by atoms with Crippen LogP contribution in [0.1, 0.15) is 122 Å². The molecule has 1 aliphatic rings. The summed E-state index contributed by atoms with van der Waals surface area (Å²) >= 11 is 0. The van der Waals surface area contributed by atoms with E-state index in [1.54, 1.807) is 30.8 Å². The molecule has 0 bridgehead atoms. The number of hydrogen-bond donors (Lipinski definition) is 5. The topological polar surface area (TPSA) is 186 Å². The standard InChI is InChI=1S/C26H37N2OP.C19H19N2OP.2C18H17N2OP.C17H15N2OP/c1-25(2,3)20-16-21(26(4,5)6)24(29)23(17-20)30-22-13-9-8-12-19(22)18-27-28-14-10-7-11-15-28;1-14-11-15(2)19(22)18(12-14)23-17-8-4-3-7-16(17)13-20-21-9-5-6-10-21;1-14-7-6-10-17(18(14)21)22-16-9-3-2-8-15(16)13-19-20-11-4-5-12-20;1-14-8-9-16(21)18(12-14)22-17-7-3-2-6-15(17)13-19-20-10-4-5-11-20;20-15-8-2-4-10-17(15)21-16-9-3-1-7-14(16)13-18-19-11-5-6-12-19/h8-9,12-13,16-18,29-30H,7,10-11,14-15H2,1-6H3;3-13,22-23H,1-2H3;2*2-13,21-22H,1H3;1-13,20-21H/b27-18+;20-13+;2*19-13+;18-13+. The normalized spacial score (nSPS) is 12.8. The Morgan fingerprint density at radius 3 is 1.03 bits per heavy atom. The van der Waals surface area contributed by atoms with Crippen LogP contribution in [0.3, 0.4) is 0 Å². The van der Waals surface area contributed by atoms with E-state index < -0.39 is 0 Å². The molecule has 15 nitrogen and oxygen atoms in total. The summed E-state index contributed by atoms with van der Waals surface area (Å²) in [5.74, 6) is 1.91. The highest BCUT2D eigenvalue weighted by Crippen LogP contribution is 2.37. The number of aromatic hydroxyl groups is 5. The van der Waals surface area contributed by atoms with Gasteiger partial charge < -0.3 is 25.5 Å². The Morgan fingerprint density at radius 1 is 0.280 bits per heavy atom. The fraction of sp³-hybridized carbons (Fsp3) is 0.173. The van der Waals surface area contributed by atoms with Crippen molar-refractivity contribution in [2.24, 2.45) is 25.5 Å². The molecule has 5 N–H and O–H groups in total. The van der Waals surface area contributed by atoms with Crippen molar-refractivity contribution in [2.45, 2.75) is 99.3 Å². The number of para-hydroxylation sites is 2. The number of rotatable bonds is 20. The highest BCUT2D eigenvalue weighted by atomic mass is 31.1. The molecular weight excluding hydrogens is 1550 g/mol. The molecule has 5 unspecified atom stereocenters. The van der Waals surface area contributed by atoms with Gasteiger partial charge in [0.2, 0.25) is 0 Å². The third kappa shape index (κ3) is 26.3. The highest BCUT2D eigenvalue weighted by molar-refractivity contribution is 7.57. The van der Waals surface area contributed by atoms with Crippen LogP contribution in [-0.2, 0) is 10.8 Å². The van der Waals surface area contributed by atoms with Gasteiger partial charge >= 0.3 is 0 Å². The van der Waals surface area contributed by atoms with E-state index in [0.29, 0.717) is 71.7 Å². The summed E-state index contributed by atoms with van der Waals surface area (Å²) in [6.07, 6.45) is 28.4. The zero-order valence-corrected chi connectivity index (χ0v) is 73.5. The molecule has 118 heavy (non-hydrogen) atoms. The van der Waals surface area contributed by atoms with E-state index in [0.717, 1.165) is 95.0 Å². The van der Waals surface area contributed by atoms with Crippen molar-refractivity contribution >= 4 is 127 Å². The fourth-order valence-corrected chi connectivity index (χ4v) is 18.8. The van der Waals surface area contributed by atoms with Gasteiger partial charge in [-0.25, -0.2) is 18.7 Å². The monoisotopic (exact) mass is 1660 g/mol. The Balaban J connectivity index is 0.000000145. The van der Waals surface area contributed by atoms with Crippen molar-refractivity contribution in [1.29, 1.82) is 0 Å². The first-order chi connectivity index (χ1) is 57.0. The van der Waals surface area contributed by atoms with Gasteiger partial charge in [-0.3, -0.25) is 5.01 Å². The summed E-state index contributed by atoms with van der Waals surface area (Å²) in [6.45, 7) is 23.2. The first-order valence-electron chi connectivity index (χ1n) is 39.3. The minimum absolute atomic E-state index is 0.0299. The number of hydrogen-bond acceptors (Lipinski definition) is 11. The van der Waals surface area contributed by atoms with Crippen LogP contribution in [0.25, 0.3) is 0 Å². The van der Waals surface area contributed by atoms with Gasteiger partial charge in [-0.05, 0) is 185 Å². The Morgan fingerprint density at radius 2 is 0.619 bits per heavy atom. The molecule has 0 aliphatic carbocycles. The zero-order valence-electron chi connectivity index (χ0n) is 68.5. The van der Waals surface area contributed by atoms with Gasteiger partial charge in [-0.1, -0.05) is 266 Å². The number of benzene rings is 10. The van der Waals surface area contributed by atoms with E-state index in [2.05, 4.69) is 147 Å². The third-order valence-corrected chi connectivity index (χ3v) is 26.0. The molecule has 602 valence electrons. The zero-order chi connectivity index (χ0) is 83.4. The molecule has 10 aromatic carbocycles. The predicted octanol–water partition coefficient (Wildman–Crippen LogP) is 17.5. The van der Waals surface area contributed by atoms with Gasteiger partial charge in [-0.2, -0.15) is 25.5 Å². The smallest absolute Gasteiger partial charge is 0.127 e. The summed E-state index contributed by atoms with van der Waals surface area (Å²) in [4.78, 5) is 0. The van der Waals surface area contributed by atoms with Gasteiger partial charge in [0, 0.05) is 123 Å². The fourth-order valence-electron chi connectivity index (χ4n) is 12.5. The maximum atomic E-state index is 11.2. The van der Waals surface area contributed by atoms with E-state index in [4.69, 9.17) is 5.10 Å². The molecule has 1 fully saturated rings. The minimum Gasteiger partial charge on any atom is -0.507 e. The molecular formula is C98H105N10O5P5. The second-order valence-electron chi connectivity index (χ2n) is 30.5. The van der Waals surface area contributed by atoms with Gasteiger partial charge in [0.1, 0.15) is 28.7 Å². The maximum Gasteiger partial charge on any atom is 0.127 e. The number of aromatic nitrogens is 4. The SMILES string of the molecule is CC(C)(C)c1cc(Pc2ccccc2/C=N/N2CCCCC2)c(O)c(C(C)(C)C)c1.Cc1cc(C)c(O)c(Pc2ccccc2/C=N/n2cccc2)c1.Cc1ccc(O)c(Pc2ccccc2/C=N/n2cccc2)c1.Cc1cccc(Pc2ccccc2/C=N/n2cccc2)c1O.Oc1ccccc1Pc1ccccc1/C=N/n1cccc1. The largest absolute Gasteiger partial charge is 0.507 e. The molecule has 15 rings (SSSR count). The van der Waals surface area contributed by atoms with Gasteiger partial charge in [0.05, 0.1) is 31.1 Å². The quantitative estimate of drug-likeness (QED) is 0.0373. The van der Waals surface area contributed by atoms with Crippen LogP contribution in [0.15, 0.2) is 330 Å². The lowest BCUT2D eigenvalue weighted by Crippen LogP contribution is -2.25. The number of nitrogens with zero attached hydrogens (tertiary/aromatic N) is 10. The van der Waals surface area contributed by atoms with Crippen molar-refractivity contribution in [3.8, 4) is 28.7 Å². The molecule has 5 atom stereocenters. The number of hydrazone groups is 1. The summed E-state index contributed by atoms with van der Waals surface area (Å²) in [6, 6.07) is 84.0. The van der Waals surface area contributed by atoms with E-state index >= 15 is 0 Å². The average molecular weight is 1660 g/mol. The molecule has 0 spiro atoms. The van der Waals surface area contributed by atoms with Crippen molar-refractivity contribution in [2.75, 3.05) is 13.1 Å². The Kier molecular flexibility index (Phi) is 32.0. The molecule has 0 saturated carbocycles. The molecule has 5 heterocycles. The van der Waals surface area contributed by atoms with E-state index in [1.165, 1.54) is 51.6 Å². The number of aryl methyl sites for hydroxylation is 4. The molecule has 20 heteroatoms. The van der Waals surface area contributed by atoms with Gasteiger partial charge in [-0.15, -0.1) is 0 Å². The van der Waals surface area contributed by atoms with Crippen LogP contribution in [-0.4, -0.2) is 93.4 Å². The third-order valence-electron chi connectivity index (χ3n) is 19.0. The van der Waals surface area contributed by atoms with E-state index in [9.17, 15) is 25.5 Å². The van der Waals surface area contributed by atoms with Crippen LogP contribution in [0, 0.1) is 27.7 Å². The highest BCUT2D eigenvalue weighted by Gasteiger charge is 2.26. The summed E-state index contributed by atoms with van der Waals surface area (Å²) in [5.41, 5.74) is 11.8. The summed E-state index contributed by atoms with van der Waals surface area (Å²) in [5, 5.41) is 87.0. The van der Waals surface area contributed by atoms with Crippen molar-refractivity contribution < 1.29 is 25.5 Å². The first-order valence-corrected chi connectivity index (χ1v) is 44.3. The molecule has 0 amide bonds. The number of phenolic OH excluding ortho intramolecular Hbond substituents is 5. The Bertz CT molecular complexity index is 5620. The first kappa shape index (κ1) is 87.5. The maximum absolute atomic E-state index is 11.2. The van der Waals surface area contributed by atoms with Crippen LogP contribution < -0.4 is 53.0 Å². The Labute approximate surface area is 704 Å². The van der Waals surface area contributed by atoms with E-state index in [1.807, 2.05) is 271 Å². The predicted molar refractivity (Wildman–Crippen MR) is 510 cm³/mol. The van der Waals surface area contributed by atoms with Crippen LogP contribution in [0.2, 0.25) is 0 Å². The van der Waals surface area contributed by atoms with Crippen molar-refractivity contribution in [3.63, 3.8) is 0 Å². The lowest BCUT2D eigenvalue weighted by atomic mass is 9.80. The summed E-state index contributed by atoms with van der Waals surface area (Å²) in [7, 11) is 1.97. The molecule has 14 aromatic rings. The summed E-state index contributed by atoms with van der Waals surface area (Å²) < 4.78 is 7.07. The van der Waals surface area contributed by atoms with Crippen LogP contribution >= 0.6 is 42.9 Å². The van der Waals surface area contributed by atoms with Gasteiger partial charge in [0.25, 0.3) is 0 Å². The molecule has 1 aliphatic heterocycles. The molecule has 4 aromatic heterocycles. The van der Waals surface area contributed by atoms with Crippen molar-refractivity contribution in [1.82, 2.24) is 23.7 Å². The van der Waals surface area contributed by atoms with Crippen LogP contribution in [0.4, 0.5) is 0 Å². The average Bonchev–Trinajstić information content (AvgIpc) is 1.31. The van der Waals surface area contributed by atoms with E-state index in [-0.39, 0.29) is 10.8 Å².